The lowest BCUT2D eigenvalue weighted by atomic mass is 10.0. The number of fused-ring (bicyclic) bond motifs is 1. The molecule has 2 N–H and O–H groups in total. The van der Waals surface area contributed by atoms with Crippen molar-refractivity contribution in [2.24, 2.45) is 5.73 Å². The normalized spacial score (nSPS) is 12.6. The van der Waals surface area contributed by atoms with Gasteiger partial charge in [0.25, 0.3) is 0 Å². The Balaban J connectivity index is 1.56. The van der Waals surface area contributed by atoms with E-state index in [0.717, 1.165) is 11.1 Å². The van der Waals surface area contributed by atoms with Crippen LogP contribution >= 0.6 is 0 Å². The summed E-state index contributed by atoms with van der Waals surface area (Å²) in [6.45, 7) is 0.313. The summed E-state index contributed by atoms with van der Waals surface area (Å²) in [6, 6.07) is 14.2. The number of amides is 1. The molecule has 0 bridgehead atoms. The summed E-state index contributed by atoms with van der Waals surface area (Å²) in [5, 5.41) is 0. The number of ether oxygens (including phenoxy) is 3. The lowest BCUT2D eigenvalue weighted by Gasteiger charge is -2.20. The Kier molecular flexibility index (Phi) is 5.34. The molecule has 0 fully saturated rings. The summed E-state index contributed by atoms with van der Waals surface area (Å²) in [5.74, 6) is 1.14. The van der Waals surface area contributed by atoms with Crippen LogP contribution in [0.3, 0.4) is 0 Å². The van der Waals surface area contributed by atoms with Crippen molar-refractivity contribution in [3.05, 3.63) is 77.0 Å². The molecule has 1 amide bonds. The van der Waals surface area contributed by atoms with Gasteiger partial charge in [-0.15, -0.1) is 0 Å². The molecule has 0 atom stereocenters. The number of ketones is 1. The van der Waals surface area contributed by atoms with E-state index in [1.54, 1.807) is 30.5 Å². The summed E-state index contributed by atoms with van der Waals surface area (Å²) < 4.78 is 17.0. The van der Waals surface area contributed by atoms with Crippen LogP contribution in [0.25, 0.3) is 0 Å². The first-order valence-corrected chi connectivity index (χ1v) is 9.43. The molecule has 1 aliphatic rings. The highest BCUT2D eigenvalue weighted by molar-refractivity contribution is 6.00. The molecule has 0 spiro atoms. The van der Waals surface area contributed by atoms with Gasteiger partial charge in [-0.2, -0.15) is 0 Å². The summed E-state index contributed by atoms with van der Waals surface area (Å²) in [4.78, 5) is 27.6. The van der Waals surface area contributed by atoms with Crippen molar-refractivity contribution in [2.45, 2.75) is 12.8 Å². The number of aromatic nitrogens is 1. The third-order valence-corrected chi connectivity index (χ3v) is 4.82. The number of pyridine rings is 1. The molecule has 0 saturated carbocycles. The van der Waals surface area contributed by atoms with Gasteiger partial charge in [-0.05, 0) is 47.9 Å². The first-order chi connectivity index (χ1) is 14.5. The van der Waals surface area contributed by atoms with Crippen LogP contribution < -0.4 is 19.9 Å². The number of primary amides is 1. The topological polar surface area (TPSA) is 101 Å². The fourth-order valence-corrected chi connectivity index (χ4v) is 3.31. The van der Waals surface area contributed by atoms with E-state index in [1.165, 1.54) is 7.11 Å². The number of methoxy groups -OCH3 is 1. The van der Waals surface area contributed by atoms with Crippen molar-refractivity contribution in [2.75, 3.05) is 13.7 Å². The highest BCUT2D eigenvalue weighted by Crippen LogP contribution is 2.43. The largest absolute Gasteiger partial charge is 0.490 e. The Morgan fingerprint density at radius 2 is 1.93 bits per heavy atom. The predicted molar refractivity (Wildman–Crippen MR) is 110 cm³/mol. The average molecular weight is 404 g/mol. The molecule has 152 valence electrons. The van der Waals surface area contributed by atoms with Crippen molar-refractivity contribution in [1.82, 2.24) is 4.98 Å². The van der Waals surface area contributed by atoms with E-state index in [9.17, 15) is 9.59 Å². The van der Waals surface area contributed by atoms with Crippen molar-refractivity contribution < 1.29 is 23.8 Å². The first-order valence-electron chi connectivity index (χ1n) is 9.43. The summed E-state index contributed by atoms with van der Waals surface area (Å²) in [7, 11) is 1.50. The fourth-order valence-electron chi connectivity index (χ4n) is 3.31. The zero-order valence-corrected chi connectivity index (χ0v) is 16.4. The number of Topliss-reactive ketones (excluding diaryl/α,β-unsaturated/α-hetero) is 1. The first kappa shape index (κ1) is 19.4. The van der Waals surface area contributed by atoms with Crippen molar-refractivity contribution in [3.63, 3.8) is 0 Å². The Morgan fingerprint density at radius 1 is 1.13 bits per heavy atom. The molecule has 4 rings (SSSR count). The number of carbonyl (C=O) groups is 2. The van der Waals surface area contributed by atoms with Gasteiger partial charge >= 0.3 is 0 Å². The number of benzene rings is 2. The van der Waals surface area contributed by atoms with E-state index in [-0.39, 0.29) is 5.78 Å². The quantitative estimate of drug-likeness (QED) is 0.674. The van der Waals surface area contributed by atoms with Gasteiger partial charge in [-0.3, -0.25) is 9.59 Å². The van der Waals surface area contributed by atoms with E-state index in [2.05, 4.69) is 4.98 Å². The number of hydrogen-bond acceptors (Lipinski definition) is 6. The maximum Gasteiger partial charge on any atom is 0.248 e. The molecular weight excluding hydrogens is 384 g/mol. The van der Waals surface area contributed by atoms with E-state index in [0.29, 0.717) is 53.7 Å². The number of hydrogen-bond donors (Lipinski definition) is 1. The van der Waals surface area contributed by atoms with Crippen molar-refractivity contribution in [1.29, 1.82) is 0 Å². The SMILES string of the molecule is COc1c(Oc2cc(Cc3ccc(C(N)=O)cc3)ccn2)ccc2c1OCCC2=O. The molecule has 1 aliphatic heterocycles. The van der Waals surface area contributed by atoms with Gasteiger partial charge in [0.2, 0.25) is 17.5 Å². The van der Waals surface area contributed by atoms with Crippen LogP contribution in [0.4, 0.5) is 0 Å². The van der Waals surface area contributed by atoms with E-state index in [1.807, 2.05) is 24.3 Å². The molecule has 0 unspecified atom stereocenters. The van der Waals surface area contributed by atoms with Gasteiger partial charge < -0.3 is 19.9 Å². The highest BCUT2D eigenvalue weighted by atomic mass is 16.5. The molecule has 0 aliphatic carbocycles. The standard InChI is InChI=1S/C23H20N2O5/c1-28-22-19(7-6-17-18(26)9-11-29-21(17)22)30-20-13-15(8-10-25-20)12-14-2-4-16(5-3-14)23(24)27/h2-8,10,13H,9,11-12H2,1H3,(H2,24,27). The molecule has 30 heavy (non-hydrogen) atoms. The molecule has 1 aromatic heterocycles. The van der Waals surface area contributed by atoms with Gasteiger partial charge in [0.15, 0.2) is 17.3 Å². The van der Waals surface area contributed by atoms with Gasteiger partial charge in [0, 0.05) is 24.2 Å². The minimum atomic E-state index is -0.453. The van der Waals surface area contributed by atoms with Crippen LogP contribution in [-0.4, -0.2) is 30.4 Å². The second-order valence-electron chi connectivity index (χ2n) is 6.84. The van der Waals surface area contributed by atoms with Gasteiger partial charge in [-0.1, -0.05) is 12.1 Å². The lowest BCUT2D eigenvalue weighted by molar-refractivity contribution is 0.0929. The zero-order valence-electron chi connectivity index (χ0n) is 16.4. The van der Waals surface area contributed by atoms with Crippen LogP contribution in [0.1, 0.15) is 38.3 Å². The molecule has 3 aromatic rings. The Morgan fingerprint density at radius 3 is 2.67 bits per heavy atom. The predicted octanol–water partition coefficient (Wildman–Crippen LogP) is 3.54. The van der Waals surface area contributed by atoms with Crippen LogP contribution in [0, 0.1) is 0 Å². The lowest BCUT2D eigenvalue weighted by Crippen LogP contribution is -2.16. The molecule has 7 heteroatoms. The van der Waals surface area contributed by atoms with Crippen LogP contribution in [0.5, 0.6) is 23.1 Å². The van der Waals surface area contributed by atoms with Gasteiger partial charge in [0.05, 0.1) is 19.3 Å². The molecule has 2 heterocycles. The number of carbonyl (C=O) groups excluding carboxylic acids is 2. The summed E-state index contributed by atoms with van der Waals surface area (Å²) in [5.41, 5.74) is 8.25. The molecule has 7 nitrogen and oxygen atoms in total. The molecule has 0 saturated heterocycles. The second kappa shape index (κ2) is 8.24. The Labute approximate surface area is 173 Å². The van der Waals surface area contributed by atoms with Crippen LogP contribution in [0.15, 0.2) is 54.7 Å². The fraction of sp³-hybridized carbons (Fsp3) is 0.174. The third-order valence-electron chi connectivity index (χ3n) is 4.82. The minimum Gasteiger partial charge on any atom is -0.490 e. The monoisotopic (exact) mass is 404 g/mol. The number of nitrogens with two attached hydrogens (primary N) is 1. The summed E-state index contributed by atoms with van der Waals surface area (Å²) in [6.07, 6.45) is 2.64. The minimum absolute atomic E-state index is 0.0172. The highest BCUT2D eigenvalue weighted by Gasteiger charge is 2.25. The number of rotatable bonds is 6. The molecular formula is C23H20N2O5. The van der Waals surface area contributed by atoms with Crippen LogP contribution in [-0.2, 0) is 6.42 Å². The average Bonchev–Trinajstić information content (AvgIpc) is 2.74. The van der Waals surface area contributed by atoms with Crippen LogP contribution in [0.2, 0.25) is 0 Å². The second-order valence-corrected chi connectivity index (χ2v) is 6.84. The van der Waals surface area contributed by atoms with E-state index < -0.39 is 5.91 Å². The van der Waals surface area contributed by atoms with E-state index in [4.69, 9.17) is 19.9 Å². The van der Waals surface area contributed by atoms with Crippen molar-refractivity contribution in [3.8, 4) is 23.1 Å². The summed E-state index contributed by atoms with van der Waals surface area (Å²) >= 11 is 0. The zero-order chi connectivity index (χ0) is 21.1. The maximum absolute atomic E-state index is 12.1. The van der Waals surface area contributed by atoms with Crippen molar-refractivity contribution >= 4 is 11.7 Å². The maximum atomic E-state index is 12.1. The number of nitrogens with zero attached hydrogens (tertiary/aromatic N) is 1. The Bertz CT molecular complexity index is 1110. The molecule has 0 radical (unpaired) electrons. The Hall–Kier alpha value is -3.87. The smallest absolute Gasteiger partial charge is 0.248 e. The third kappa shape index (κ3) is 3.96. The van der Waals surface area contributed by atoms with Gasteiger partial charge in [0.1, 0.15) is 0 Å². The van der Waals surface area contributed by atoms with E-state index >= 15 is 0 Å². The molecule has 2 aromatic carbocycles. The van der Waals surface area contributed by atoms with Gasteiger partial charge in [-0.25, -0.2) is 4.98 Å².